The summed E-state index contributed by atoms with van der Waals surface area (Å²) < 4.78 is 50.3. The Balaban J connectivity index is 1.47. The molecule has 0 bridgehead atoms. The van der Waals surface area contributed by atoms with Crippen molar-refractivity contribution in [2.24, 2.45) is 0 Å². The van der Waals surface area contributed by atoms with E-state index in [-0.39, 0.29) is 22.1 Å². The number of esters is 4. The van der Waals surface area contributed by atoms with Crippen molar-refractivity contribution in [3.63, 3.8) is 0 Å². The molecule has 3 aromatic rings. The lowest BCUT2D eigenvalue weighted by molar-refractivity contribution is -0.288. The average molecular weight is 627 g/mol. The van der Waals surface area contributed by atoms with Gasteiger partial charge in [0, 0.05) is 33.8 Å². The van der Waals surface area contributed by atoms with Crippen molar-refractivity contribution >= 4 is 34.8 Å². The highest BCUT2D eigenvalue weighted by molar-refractivity contribution is 5.83. The van der Waals surface area contributed by atoms with E-state index in [0.717, 1.165) is 20.8 Å². The Morgan fingerprint density at radius 1 is 0.778 bits per heavy atom. The van der Waals surface area contributed by atoms with Crippen LogP contribution in [0, 0.1) is 0 Å². The molecule has 0 radical (unpaired) electrons. The normalized spacial score (nSPS) is 22.2. The van der Waals surface area contributed by atoms with E-state index in [1.807, 2.05) is 0 Å². The van der Waals surface area contributed by atoms with Crippen LogP contribution in [0.5, 0.6) is 17.2 Å². The van der Waals surface area contributed by atoms with Crippen LogP contribution < -0.4 is 19.6 Å². The third-order valence-corrected chi connectivity index (χ3v) is 6.80. The quantitative estimate of drug-likeness (QED) is 0.264. The number of benzene rings is 2. The predicted molar refractivity (Wildman–Crippen MR) is 151 cm³/mol. The summed E-state index contributed by atoms with van der Waals surface area (Å²) in [7, 11) is 0. The summed E-state index contributed by atoms with van der Waals surface area (Å²) in [5, 5.41) is 0.247. The number of fused-ring (bicyclic) bond motifs is 2. The molecular formula is C31H30O14. The van der Waals surface area contributed by atoms with Gasteiger partial charge < -0.3 is 42.3 Å². The maximum Gasteiger partial charge on any atom is 0.303 e. The Morgan fingerprint density at radius 3 is 2.13 bits per heavy atom. The molecule has 0 spiro atoms. The van der Waals surface area contributed by atoms with Gasteiger partial charge in [0.25, 0.3) is 0 Å². The molecule has 5 rings (SSSR count). The van der Waals surface area contributed by atoms with Gasteiger partial charge in [0.1, 0.15) is 43.5 Å². The highest BCUT2D eigenvalue weighted by Gasteiger charge is 2.53. The van der Waals surface area contributed by atoms with Gasteiger partial charge in [-0.1, -0.05) is 6.07 Å². The van der Waals surface area contributed by atoms with Gasteiger partial charge in [0.05, 0.1) is 10.9 Å². The van der Waals surface area contributed by atoms with Crippen LogP contribution in [-0.4, -0.2) is 74.4 Å². The van der Waals surface area contributed by atoms with Crippen LogP contribution in [-0.2, 0) is 42.9 Å². The van der Waals surface area contributed by atoms with Crippen LogP contribution in [0.4, 0.5) is 0 Å². The first-order valence-corrected chi connectivity index (χ1v) is 13.9. The number of carbonyl (C=O) groups is 4. The summed E-state index contributed by atoms with van der Waals surface area (Å²) in [6, 6.07) is 9.54. The number of hydrogen-bond donors (Lipinski definition) is 0. The molecule has 2 aliphatic heterocycles. The second-order valence-corrected chi connectivity index (χ2v) is 10.2. The fourth-order valence-electron chi connectivity index (χ4n) is 5.01. The average Bonchev–Trinajstić information content (AvgIpc) is 2.98. The predicted octanol–water partition coefficient (Wildman–Crippen LogP) is 2.69. The second-order valence-electron chi connectivity index (χ2n) is 10.2. The van der Waals surface area contributed by atoms with Crippen molar-refractivity contribution in [1.29, 1.82) is 0 Å². The van der Waals surface area contributed by atoms with Crippen molar-refractivity contribution in [2.75, 3.05) is 19.8 Å². The molecule has 0 saturated carbocycles. The van der Waals surface area contributed by atoms with Gasteiger partial charge in [0.15, 0.2) is 29.1 Å². The molecule has 0 N–H and O–H groups in total. The first kappa shape index (κ1) is 31.3. The monoisotopic (exact) mass is 626 g/mol. The van der Waals surface area contributed by atoms with Crippen molar-refractivity contribution in [1.82, 2.24) is 0 Å². The van der Waals surface area contributed by atoms with E-state index in [2.05, 4.69) is 0 Å². The lowest BCUT2D eigenvalue weighted by atomic mass is 9.98. The van der Waals surface area contributed by atoms with Crippen molar-refractivity contribution in [3.05, 3.63) is 52.9 Å². The molecule has 14 heteroatoms. The van der Waals surface area contributed by atoms with Gasteiger partial charge in [-0.15, -0.1) is 0 Å². The summed E-state index contributed by atoms with van der Waals surface area (Å²) in [5.74, 6) is -1.73. The molecule has 238 valence electrons. The van der Waals surface area contributed by atoms with Crippen LogP contribution in [0.1, 0.15) is 27.7 Å². The Morgan fingerprint density at radius 2 is 1.44 bits per heavy atom. The van der Waals surface area contributed by atoms with E-state index in [4.69, 9.17) is 42.3 Å². The zero-order valence-corrected chi connectivity index (χ0v) is 24.8. The zero-order valence-electron chi connectivity index (χ0n) is 24.8. The summed E-state index contributed by atoms with van der Waals surface area (Å²) in [6.45, 7) is 4.96. The summed E-state index contributed by atoms with van der Waals surface area (Å²) >= 11 is 0. The lowest BCUT2D eigenvalue weighted by Gasteiger charge is -2.43. The van der Waals surface area contributed by atoms with Gasteiger partial charge in [-0.3, -0.25) is 24.0 Å². The fourth-order valence-corrected chi connectivity index (χ4v) is 5.01. The van der Waals surface area contributed by atoms with Gasteiger partial charge in [-0.05, 0) is 29.8 Å². The lowest BCUT2D eigenvalue weighted by Crippen LogP contribution is -2.63. The maximum atomic E-state index is 13.4. The Labute approximate surface area is 256 Å². The van der Waals surface area contributed by atoms with E-state index >= 15 is 0 Å². The Hall–Kier alpha value is -5.11. The number of ether oxygens (including phenoxy) is 8. The first-order valence-electron chi connectivity index (χ1n) is 13.9. The van der Waals surface area contributed by atoms with Gasteiger partial charge >= 0.3 is 23.9 Å². The third kappa shape index (κ3) is 7.17. The van der Waals surface area contributed by atoms with Crippen LogP contribution in [0.15, 0.2) is 51.9 Å². The van der Waals surface area contributed by atoms with E-state index in [1.54, 1.807) is 18.2 Å². The topological polar surface area (TPSA) is 172 Å². The van der Waals surface area contributed by atoms with Gasteiger partial charge in [-0.25, -0.2) is 0 Å². The second kappa shape index (κ2) is 13.3. The van der Waals surface area contributed by atoms with Crippen LogP contribution in [0.2, 0.25) is 0 Å². The number of hydrogen-bond acceptors (Lipinski definition) is 14. The first-order chi connectivity index (χ1) is 21.5. The van der Waals surface area contributed by atoms with Gasteiger partial charge in [-0.2, -0.15) is 0 Å². The summed E-state index contributed by atoms with van der Waals surface area (Å²) in [5.41, 5.74) is 0.733. The molecule has 1 saturated heterocycles. The molecule has 5 atom stereocenters. The van der Waals surface area contributed by atoms with Gasteiger partial charge in [0.2, 0.25) is 12.4 Å². The largest absolute Gasteiger partial charge is 0.486 e. The van der Waals surface area contributed by atoms with Crippen LogP contribution in [0.25, 0.3) is 22.1 Å². The molecule has 2 aromatic carbocycles. The molecule has 45 heavy (non-hydrogen) atoms. The maximum absolute atomic E-state index is 13.4. The van der Waals surface area contributed by atoms with Crippen LogP contribution >= 0.6 is 0 Å². The standard InChI is InChI=1S/C31H30O14/c1-15(32)39-14-26-28(41-16(2)33)29(42-17(3)34)30(43-18(4)35)31(45-26)44-20-6-7-21-24(12-20)40-13-22(27(21)36)19-5-8-23-25(11-19)38-10-9-37-23/h5-8,11-13,26,28-31H,9-10,14H2,1-4H3/t26-,28+,29-,30-,31-/m0/s1. The summed E-state index contributed by atoms with van der Waals surface area (Å²) in [4.78, 5) is 61.1. The molecule has 0 aliphatic carbocycles. The Bertz CT molecular complexity index is 1680. The minimum absolute atomic E-state index is 0.124. The number of rotatable bonds is 8. The minimum atomic E-state index is -1.45. The molecule has 0 unspecified atom stereocenters. The zero-order chi connectivity index (χ0) is 32.2. The van der Waals surface area contributed by atoms with E-state index in [0.29, 0.717) is 35.8 Å². The minimum Gasteiger partial charge on any atom is -0.486 e. The smallest absolute Gasteiger partial charge is 0.303 e. The van der Waals surface area contributed by atoms with Crippen molar-refractivity contribution in [3.8, 4) is 28.4 Å². The number of carbonyl (C=O) groups excluding carboxylic acids is 4. The molecule has 1 aromatic heterocycles. The van der Waals surface area contributed by atoms with E-state index < -0.39 is 61.2 Å². The molecule has 2 aliphatic rings. The SMILES string of the molecule is CC(=O)OC[C@@H]1O[C@H](Oc2ccc3c(=O)c(-c4ccc5c(c4)OCCO5)coc3c2)[C@@H](OC(C)=O)[C@@H](OC(C)=O)[C@@H]1OC(C)=O. The molecule has 3 heterocycles. The van der Waals surface area contributed by atoms with E-state index in [1.165, 1.54) is 31.4 Å². The molecule has 14 nitrogen and oxygen atoms in total. The highest BCUT2D eigenvalue weighted by Crippen LogP contribution is 2.35. The van der Waals surface area contributed by atoms with Crippen LogP contribution in [0.3, 0.4) is 0 Å². The molecule has 1 fully saturated rings. The van der Waals surface area contributed by atoms with Crippen molar-refractivity contribution < 1.29 is 61.5 Å². The summed E-state index contributed by atoms with van der Waals surface area (Å²) in [6.07, 6.45) is -5.49. The molecule has 0 amide bonds. The fraction of sp³-hybridized carbons (Fsp3) is 0.387. The molecular weight excluding hydrogens is 596 g/mol. The van der Waals surface area contributed by atoms with E-state index in [9.17, 15) is 24.0 Å². The third-order valence-electron chi connectivity index (χ3n) is 6.80. The van der Waals surface area contributed by atoms with Crippen molar-refractivity contribution in [2.45, 2.75) is 58.4 Å². The Kier molecular flexibility index (Phi) is 9.23. The highest BCUT2D eigenvalue weighted by atomic mass is 16.7.